The SMILES string of the molecule is CCc1ccccc1NC(=O)C(C)(C)C(=O)N1CCc2ccccc21. The van der Waals surface area contributed by atoms with Crippen LogP contribution in [0.5, 0.6) is 0 Å². The fourth-order valence-electron chi connectivity index (χ4n) is 3.21. The van der Waals surface area contributed by atoms with E-state index in [1.807, 2.05) is 55.5 Å². The van der Waals surface area contributed by atoms with Crippen molar-refractivity contribution in [2.24, 2.45) is 5.41 Å². The van der Waals surface area contributed by atoms with Gasteiger partial charge in [-0.25, -0.2) is 0 Å². The minimum absolute atomic E-state index is 0.163. The number of para-hydroxylation sites is 2. The van der Waals surface area contributed by atoms with E-state index in [0.717, 1.165) is 35.3 Å². The Bertz CT molecular complexity index is 811. The summed E-state index contributed by atoms with van der Waals surface area (Å²) in [6, 6.07) is 15.6. The van der Waals surface area contributed by atoms with E-state index in [1.54, 1.807) is 18.7 Å². The number of fused-ring (bicyclic) bond motifs is 1. The van der Waals surface area contributed by atoms with Gasteiger partial charge >= 0.3 is 0 Å². The summed E-state index contributed by atoms with van der Waals surface area (Å²) < 4.78 is 0. The molecule has 3 rings (SSSR count). The van der Waals surface area contributed by atoms with Crippen LogP contribution in [0.2, 0.25) is 0 Å². The first kappa shape index (κ1) is 17.2. The lowest BCUT2D eigenvalue weighted by Gasteiger charge is -2.29. The van der Waals surface area contributed by atoms with E-state index in [2.05, 4.69) is 5.32 Å². The topological polar surface area (TPSA) is 49.4 Å². The highest BCUT2D eigenvalue weighted by Gasteiger charge is 2.41. The highest BCUT2D eigenvalue weighted by Crippen LogP contribution is 2.32. The van der Waals surface area contributed by atoms with E-state index in [9.17, 15) is 9.59 Å². The molecule has 0 bridgehead atoms. The Hall–Kier alpha value is -2.62. The van der Waals surface area contributed by atoms with Crippen molar-refractivity contribution in [1.82, 2.24) is 0 Å². The van der Waals surface area contributed by atoms with Crippen LogP contribution in [0, 0.1) is 5.41 Å². The minimum atomic E-state index is -1.14. The first-order valence-corrected chi connectivity index (χ1v) is 8.74. The molecule has 1 aliphatic heterocycles. The molecule has 2 aromatic rings. The molecule has 0 spiro atoms. The Labute approximate surface area is 148 Å². The monoisotopic (exact) mass is 336 g/mol. The van der Waals surface area contributed by atoms with Crippen molar-refractivity contribution in [2.45, 2.75) is 33.6 Å². The number of benzene rings is 2. The van der Waals surface area contributed by atoms with E-state index in [-0.39, 0.29) is 11.8 Å². The first-order chi connectivity index (χ1) is 11.9. The van der Waals surface area contributed by atoms with Gasteiger partial charge in [0.05, 0.1) is 0 Å². The van der Waals surface area contributed by atoms with Crippen LogP contribution >= 0.6 is 0 Å². The smallest absolute Gasteiger partial charge is 0.242 e. The molecule has 0 saturated carbocycles. The number of anilines is 2. The maximum atomic E-state index is 13.1. The van der Waals surface area contributed by atoms with Crippen molar-refractivity contribution in [3.63, 3.8) is 0 Å². The molecule has 0 saturated heterocycles. The number of aryl methyl sites for hydroxylation is 1. The molecular weight excluding hydrogens is 312 g/mol. The molecule has 1 aliphatic rings. The zero-order chi connectivity index (χ0) is 18.0. The van der Waals surface area contributed by atoms with Gasteiger partial charge in [0.25, 0.3) is 0 Å². The molecule has 4 heteroatoms. The zero-order valence-electron chi connectivity index (χ0n) is 15.0. The third kappa shape index (κ3) is 3.16. The molecule has 4 nitrogen and oxygen atoms in total. The average molecular weight is 336 g/mol. The van der Waals surface area contributed by atoms with Crippen LogP contribution in [0.15, 0.2) is 48.5 Å². The third-order valence-corrected chi connectivity index (χ3v) is 4.88. The standard InChI is InChI=1S/C21H24N2O2/c1-4-15-9-5-7-11-17(15)22-19(24)21(2,3)20(25)23-14-13-16-10-6-8-12-18(16)23/h5-12H,4,13-14H2,1-3H3,(H,22,24). The van der Waals surface area contributed by atoms with Gasteiger partial charge in [-0.05, 0) is 49.9 Å². The lowest BCUT2D eigenvalue weighted by Crippen LogP contribution is -2.47. The van der Waals surface area contributed by atoms with Gasteiger partial charge in [-0.3, -0.25) is 9.59 Å². The fourth-order valence-corrected chi connectivity index (χ4v) is 3.21. The van der Waals surface area contributed by atoms with Gasteiger partial charge in [-0.1, -0.05) is 43.3 Å². The highest BCUT2D eigenvalue weighted by atomic mass is 16.2. The summed E-state index contributed by atoms with van der Waals surface area (Å²) in [6.07, 6.45) is 1.66. The van der Waals surface area contributed by atoms with Crippen LogP contribution in [0.1, 0.15) is 31.9 Å². The number of rotatable bonds is 4. The van der Waals surface area contributed by atoms with Crippen LogP contribution in [0.3, 0.4) is 0 Å². The summed E-state index contributed by atoms with van der Waals surface area (Å²) >= 11 is 0. The quantitative estimate of drug-likeness (QED) is 0.863. The number of carbonyl (C=O) groups excluding carboxylic acids is 2. The lowest BCUT2D eigenvalue weighted by atomic mass is 9.90. The molecular formula is C21H24N2O2. The van der Waals surface area contributed by atoms with Gasteiger partial charge in [0.15, 0.2) is 0 Å². The van der Waals surface area contributed by atoms with Gasteiger partial charge in [0.1, 0.15) is 5.41 Å². The maximum absolute atomic E-state index is 13.1. The summed E-state index contributed by atoms with van der Waals surface area (Å²) in [4.78, 5) is 27.7. The van der Waals surface area contributed by atoms with Crippen LogP contribution < -0.4 is 10.2 Å². The summed E-state index contributed by atoms with van der Waals surface area (Å²) in [5.41, 5.74) is 2.77. The van der Waals surface area contributed by atoms with Crippen LogP contribution in [0.4, 0.5) is 11.4 Å². The molecule has 1 heterocycles. The Morgan fingerprint density at radius 3 is 2.52 bits per heavy atom. The Morgan fingerprint density at radius 1 is 1.08 bits per heavy atom. The van der Waals surface area contributed by atoms with Crippen molar-refractivity contribution in [2.75, 3.05) is 16.8 Å². The molecule has 0 aromatic heterocycles. The normalized spacial score (nSPS) is 13.5. The third-order valence-electron chi connectivity index (χ3n) is 4.88. The highest BCUT2D eigenvalue weighted by molar-refractivity contribution is 6.15. The summed E-state index contributed by atoms with van der Waals surface area (Å²) in [5.74, 6) is -0.438. The van der Waals surface area contributed by atoms with Crippen LogP contribution in [-0.2, 0) is 22.4 Å². The number of nitrogens with zero attached hydrogens (tertiary/aromatic N) is 1. The van der Waals surface area contributed by atoms with Crippen molar-refractivity contribution < 1.29 is 9.59 Å². The molecule has 0 radical (unpaired) electrons. The second kappa shape index (κ2) is 6.71. The number of hydrogen-bond acceptors (Lipinski definition) is 2. The average Bonchev–Trinajstić information content (AvgIpc) is 3.05. The lowest BCUT2D eigenvalue weighted by molar-refractivity contribution is -0.136. The van der Waals surface area contributed by atoms with Gasteiger partial charge in [-0.2, -0.15) is 0 Å². The van der Waals surface area contributed by atoms with E-state index in [1.165, 1.54) is 0 Å². The van der Waals surface area contributed by atoms with Crippen molar-refractivity contribution in [3.05, 3.63) is 59.7 Å². The largest absolute Gasteiger partial charge is 0.325 e. The molecule has 25 heavy (non-hydrogen) atoms. The molecule has 0 atom stereocenters. The van der Waals surface area contributed by atoms with Crippen molar-refractivity contribution >= 4 is 23.2 Å². The Balaban J connectivity index is 1.81. The summed E-state index contributed by atoms with van der Waals surface area (Å²) in [7, 11) is 0. The molecule has 2 aromatic carbocycles. The Kier molecular flexibility index (Phi) is 4.62. The van der Waals surface area contributed by atoms with E-state index in [4.69, 9.17) is 0 Å². The Morgan fingerprint density at radius 2 is 1.76 bits per heavy atom. The van der Waals surface area contributed by atoms with Crippen molar-refractivity contribution in [3.8, 4) is 0 Å². The second-order valence-electron chi connectivity index (χ2n) is 6.93. The molecule has 0 fully saturated rings. The van der Waals surface area contributed by atoms with Gasteiger partial charge in [-0.15, -0.1) is 0 Å². The predicted molar refractivity (Wildman–Crippen MR) is 101 cm³/mol. The van der Waals surface area contributed by atoms with Crippen LogP contribution in [-0.4, -0.2) is 18.4 Å². The molecule has 1 N–H and O–H groups in total. The molecule has 130 valence electrons. The molecule has 0 aliphatic carbocycles. The number of hydrogen-bond donors (Lipinski definition) is 1. The first-order valence-electron chi connectivity index (χ1n) is 8.74. The number of amides is 2. The predicted octanol–water partition coefficient (Wildman–Crippen LogP) is 3.80. The maximum Gasteiger partial charge on any atom is 0.242 e. The minimum Gasteiger partial charge on any atom is -0.325 e. The second-order valence-corrected chi connectivity index (χ2v) is 6.93. The fraction of sp³-hybridized carbons (Fsp3) is 0.333. The van der Waals surface area contributed by atoms with E-state index >= 15 is 0 Å². The molecule has 2 amide bonds. The van der Waals surface area contributed by atoms with Gasteiger partial charge < -0.3 is 10.2 Å². The van der Waals surface area contributed by atoms with Gasteiger partial charge in [0.2, 0.25) is 11.8 Å². The number of nitrogens with one attached hydrogen (secondary N) is 1. The van der Waals surface area contributed by atoms with Crippen molar-refractivity contribution in [1.29, 1.82) is 0 Å². The van der Waals surface area contributed by atoms with Crippen LogP contribution in [0.25, 0.3) is 0 Å². The van der Waals surface area contributed by atoms with Gasteiger partial charge in [0, 0.05) is 17.9 Å². The summed E-state index contributed by atoms with van der Waals surface area (Å²) in [5, 5.41) is 2.94. The van der Waals surface area contributed by atoms with E-state index < -0.39 is 5.41 Å². The zero-order valence-corrected chi connectivity index (χ0v) is 15.0. The summed E-state index contributed by atoms with van der Waals surface area (Å²) in [6.45, 7) is 6.06. The van der Waals surface area contributed by atoms with E-state index in [0.29, 0.717) is 6.54 Å². The number of carbonyl (C=O) groups is 2. The molecule has 0 unspecified atom stereocenters.